The van der Waals surface area contributed by atoms with Crippen LogP contribution in [0.15, 0.2) is 66.7 Å². The van der Waals surface area contributed by atoms with Crippen molar-refractivity contribution in [3.8, 4) is 0 Å². The van der Waals surface area contributed by atoms with Crippen molar-refractivity contribution in [2.24, 2.45) is 5.92 Å². The van der Waals surface area contributed by atoms with Crippen LogP contribution >= 0.6 is 11.3 Å². The van der Waals surface area contributed by atoms with Crippen LogP contribution in [0.3, 0.4) is 0 Å². The van der Waals surface area contributed by atoms with Crippen molar-refractivity contribution in [1.82, 2.24) is 25.7 Å². The topological polar surface area (TPSA) is 139 Å². The minimum absolute atomic E-state index is 0.00918. The Morgan fingerprint density at radius 2 is 1.47 bits per heavy atom. The molecule has 2 heterocycles. The van der Waals surface area contributed by atoms with E-state index in [2.05, 4.69) is 36.3 Å². The molecule has 43 heavy (non-hydrogen) atoms. The molecule has 0 aliphatic carbocycles. The highest BCUT2D eigenvalue weighted by molar-refractivity contribution is 7.15. The molecule has 224 valence electrons. The molecule has 10 nitrogen and oxygen atoms in total. The van der Waals surface area contributed by atoms with Gasteiger partial charge in [0.2, 0.25) is 22.9 Å². The van der Waals surface area contributed by atoms with Gasteiger partial charge in [0.15, 0.2) is 5.82 Å². The van der Waals surface area contributed by atoms with Crippen LogP contribution in [0.5, 0.6) is 0 Å². The lowest BCUT2D eigenvalue weighted by Crippen LogP contribution is -2.30. The van der Waals surface area contributed by atoms with E-state index in [0.29, 0.717) is 17.4 Å². The summed E-state index contributed by atoms with van der Waals surface area (Å²) in [4.78, 5) is 36.9. The molecule has 0 aliphatic rings. The van der Waals surface area contributed by atoms with E-state index in [1.165, 1.54) is 11.3 Å². The minimum Gasteiger partial charge on any atom is -0.349 e. The maximum atomic E-state index is 12.6. The van der Waals surface area contributed by atoms with E-state index < -0.39 is 0 Å². The Labute approximate surface area is 255 Å². The van der Waals surface area contributed by atoms with Gasteiger partial charge >= 0.3 is 0 Å². The van der Waals surface area contributed by atoms with Gasteiger partial charge in [-0.2, -0.15) is 5.10 Å². The van der Waals surface area contributed by atoms with Gasteiger partial charge in [-0.3, -0.25) is 14.4 Å². The standard InChI is InChI=1S/C32H37N7O3S/c1-21(2)31(42)33-22(3)25-13-9-12-24(18-25)20-28(40)34-27-17-16-26(36-37-27)14-7-8-15-30-38-39-32(43-30)35-29(41)19-23-10-5-4-6-11-23/h4-6,9-13,16-18,21-22H,7-8,14-15,19-20H2,1-3H3,(H,33,42)(H,34,37,40)(H,35,39,41). The highest BCUT2D eigenvalue weighted by Gasteiger charge is 2.14. The predicted octanol–water partition coefficient (Wildman–Crippen LogP) is 5.09. The van der Waals surface area contributed by atoms with Crippen molar-refractivity contribution >= 4 is 40.0 Å². The Bertz CT molecular complexity index is 1510. The van der Waals surface area contributed by atoms with Crippen LogP contribution in [0.25, 0.3) is 0 Å². The van der Waals surface area contributed by atoms with Gasteiger partial charge in [-0.25, -0.2) is 0 Å². The number of unbranched alkanes of at least 4 members (excludes halogenated alkanes) is 1. The summed E-state index contributed by atoms with van der Waals surface area (Å²) in [5.74, 6) is -0.000235. The molecule has 0 bridgehead atoms. The molecule has 4 rings (SSSR count). The molecular weight excluding hydrogens is 562 g/mol. The third-order valence-electron chi connectivity index (χ3n) is 6.68. The van der Waals surface area contributed by atoms with Crippen molar-refractivity contribution in [3.05, 3.63) is 94.1 Å². The van der Waals surface area contributed by atoms with E-state index in [1.807, 2.05) is 81.4 Å². The highest BCUT2D eigenvalue weighted by atomic mass is 32.1. The molecule has 1 atom stereocenters. The van der Waals surface area contributed by atoms with Crippen molar-refractivity contribution in [2.75, 3.05) is 10.6 Å². The van der Waals surface area contributed by atoms with Crippen LogP contribution < -0.4 is 16.0 Å². The SMILES string of the molecule is CC(C)C(=O)NC(C)c1cccc(CC(=O)Nc2ccc(CCCCc3nnc(NC(=O)Cc4ccccc4)s3)nn2)c1. The summed E-state index contributed by atoms with van der Waals surface area (Å²) in [6.45, 7) is 5.64. The predicted molar refractivity (Wildman–Crippen MR) is 168 cm³/mol. The van der Waals surface area contributed by atoms with E-state index in [9.17, 15) is 14.4 Å². The normalized spacial score (nSPS) is 11.6. The van der Waals surface area contributed by atoms with Crippen molar-refractivity contribution in [2.45, 2.75) is 65.3 Å². The fourth-order valence-electron chi connectivity index (χ4n) is 4.30. The van der Waals surface area contributed by atoms with E-state index in [1.54, 1.807) is 6.07 Å². The zero-order valence-electron chi connectivity index (χ0n) is 24.7. The van der Waals surface area contributed by atoms with Crippen LogP contribution in [0.4, 0.5) is 10.9 Å². The number of anilines is 2. The number of nitrogens with one attached hydrogen (secondary N) is 3. The summed E-state index contributed by atoms with van der Waals surface area (Å²) in [5.41, 5.74) is 3.59. The molecule has 3 N–H and O–H groups in total. The lowest BCUT2D eigenvalue weighted by atomic mass is 10.0. The molecule has 4 aromatic rings. The fourth-order valence-corrected chi connectivity index (χ4v) is 5.10. The summed E-state index contributed by atoms with van der Waals surface area (Å²) >= 11 is 1.39. The van der Waals surface area contributed by atoms with Gasteiger partial charge in [-0.1, -0.05) is 79.8 Å². The number of rotatable bonds is 14. The lowest BCUT2D eigenvalue weighted by Gasteiger charge is -2.17. The molecule has 1 unspecified atom stereocenters. The van der Waals surface area contributed by atoms with E-state index in [-0.39, 0.29) is 36.1 Å². The average molecular weight is 600 g/mol. The Kier molecular flexibility index (Phi) is 11.4. The first-order valence-corrected chi connectivity index (χ1v) is 15.2. The third-order valence-corrected chi connectivity index (χ3v) is 7.58. The number of hydrogen-bond acceptors (Lipinski definition) is 8. The number of amides is 3. The van der Waals surface area contributed by atoms with Crippen LogP contribution in [-0.2, 0) is 40.1 Å². The first kappa shape index (κ1) is 31.4. The molecule has 0 saturated heterocycles. The Hall–Kier alpha value is -4.51. The summed E-state index contributed by atoms with van der Waals surface area (Å²) in [5, 5.41) is 26.7. The van der Waals surface area contributed by atoms with Crippen molar-refractivity contribution in [3.63, 3.8) is 0 Å². The van der Waals surface area contributed by atoms with Gasteiger partial charge in [-0.05, 0) is 55.0 Å². The molecular formula is C32H37N7O3S. The van der Waals surface area contributed by atoms with Crippen molar-refractivity contribution in [1.29, 1.82) is 0 Å². The first-order chi connectivity index (χ1) is 20.7. The summed E-state index contributed by atoms with van der Waals surface area (Å²) in [7, 11) is 0. The summed E-state index contributed by atoms with van der Waals surface area (Å²) in [6, 6.07) is 20.7. The molecule has 0 fully saturated rings. The Morgan fingerprint density at radius 3 is 2.21 bits per heavy atom. The Balaban J connectivity index is 1.16. The number of aryl methyl sites for hydroxylation is 2. The zero-order valence-corrected chi connectivity index (χ0v) is 25.5. The quantitative estimate of drug-likeness (QED) is 0.172. The van der Waals surface area contributed by atoms with Gasteiger partial charge in [0.05, 0.1) is 24.6 Å². The van der Waals surface area contributed by atoms with Crippen LogP contribution in [0.1, 0.15) is 67.0 Å². The molecule has 2 aromatic heterocycles. The molecule has 3 amide bonds. The number of nitrogens with zero attached hydrogens (tertiary/aromatic N) is 4. The maximum Gasteiger partial charge on any atom is 0.230 e. The zero-order chi connectivity index (χ0) is 30.6. The molecule has 2 aromatic carbocycles. The van der Waals surface area contributed by atoms with Gasteiger partial charge in [0, 0.05) is 12.3 Å². The first-order valence-electron chi connectivity index (χ1n) is 14.4. The summed E-state index contributed by atoms with van der Waals surface area (Å²) < 4.78 is 0. The second-order valence-electron chi connectivity index (χ2n) is 10.7. The third kappa shape index (κ3) is 10.4. The number of aromatic nitrogens is 4. The van der Waals surface area contributed by atoms with Gasteiger partial charge in [-0.15, -0.1) is 15.3 Å². The second kappa shape index (κ2) is 15.6. The number of carbonyl (C=O) groups excluding carboxylic acids is 3. The van der Waals surface area contributed by atoms with Crippen LogP contribution in [0.2, 0.25) is 0 Å². The fraction of sp³-hybridized carbons (Fsp3) is 0.344. The molecule has 0 radical (unpaired) electrons. The second-order valence-corrected chi connectivity index (χ2v) is 11.7. The smallest absolute Gasteiger partial charge is 0.230 e. The minimum atomic E-state index is -0.189. The maximum absolute atomic E-state index is 12.6. The van der Waals surface area contributed by atoms with Gasteiger partial charge in [0.1, 0.15) is 5.01 Å². The number of benzene rings is 2. The van der Waals surface area contributed by atoms with Gasteiger partial charge in [0.25, 0.3) is 0 Å². The van der Waals surface area contributed by atoms with E-state index >= 15 is 0 Å². The molecule has 11 heteroatoms. The average Bonchev–Trinajstić information content (AvgIpc) is 3.43. The monoisotopic (exact) mass is 599 g/mol. The highest BCUT2D eigenvalue weighted by Crippen LogP contribution is 2.19. The van der Waals surface area contributed by atoms with Crippen LogP contribution in [0, 0.1) is 5.92 Å². The number of hydrogen-bond donors (Lipinski definition) is 3. The molecule has 0 spiro atoms. The van der Waals surface area contributed by atoms with Gasteiger partial charge < -0.3 is 16.0 Å². The summed E-state index contributed by atoms with van der Waals surface area (Å²) in [6.07, 6.45) is 3.78. The lowest BCUT2D eigenvalue weighted by molar-refractivity contribution is -0.124. The molecule has 0 aliphatic heterocycles. The molecule has 0 saturated carbocycles. The van der Waals surface area contributed by atoms with Crippen LogP contribution in [-0.4, -0.2) is 38.1 Å². The van der Waals surface area contributed by atoms with E-state index in [4.69, 9.17) is 0 Å². The van der Waals surface area contributed by atoms with Crippen molar-refractivity contribution < 1.29 is 14.4 Å². The van der Waals surface area contributed by atoms with E-state index in [0.717, 1.165) is 53.1 Å². The Morgan fingerprint density at radius 1 is 0.744 bits per heavy atom. The largest absolute Gasteiger partial charge is 0.349 e. The number of carbonyl (C=O) groups is 3.